The third-order valence-corrected chi connectivity index (χ3v) is 23.1. The molecule has 5 aliphatic carbocycles. The highest BCUT2D eigenvalue weighted by atomic mass is 16.8. The molecule has 35 atom stereocenters. The highest BCUT2D eigenvalue weighted by Gasteiger charge is 2.73. The van der Waals surface area contributed by atoms with E-state index in [4.69, 9.17) is 47.4 Å². The number of ether oxygens (including phenoxy) is 10. The van der Waals surface area contributed by atoms with E-state index in [0.717, 1.165) is 5.57 Å². The van der Waals surface area contributed by atoms with E-state index in [0.29, 0.717) is 32.1 Å². The summed E-state index contributed by atoms with van der Waals surface area (Å²) in [4.78, 5) is 15.5. The van der Waals surface area contributed by atoms with Crippen molar-refractivity contribution in [1.29, 1.82) is 0 Å². The maximum Gasteiger partial charge on any atom is 0.317 e. The quantitative estimate of drug-likeness (QED) is 0.0575. The van der Waals surface area contributed by atoms with Crippen molar-refractivity contribution in [2.24, 2.45) is 50.2 Å². The van der Waals surface area contributed by atoms with Crippen LogP contribution in [0.25, 0.3) is 0 Å². The van der Waals surface area contributed by atoms with Crippen molar-refractivity contribution < 1.29 is 129 Å². The van der Waals surface area contributed by atoms with Gasteiger partial charge in [0, 0.05) is 5.41 Å². The first kappa shape index (κ1) is 66.2. The molecular weight excluding hydrogens is 1120 g/mol. The number of hydrogen-bond acceptors (Lipinski definition) is 26. The molecular formula is C59H96O26. The smallest absolute Gasteiger partial charge is 0.317 e. The molecule has 85 heavy (non-hydrogen) atoms. The van der Waals surface area contributed by atoms with Gasteiger partial charge in [0.05, 0.1) is 55.9 Å². The summed E-state index contributed by atoms with van der Waals surface area (Å²) in [7, 11) is 0. The maximum absolute atomic E-state index is 15.5. The third kappa shape index (κ3) is 10.7. The second kappa shape index (κ2) is 23.7. The Morgan fingerprint density at radius 1 is 0.529 bits per heavy atom. The molecule has 0 aromatic rings. The van der Waals surface area contributed by atoms with Crippen LogP contribution in [-0.2, 0) is 52.2 Å². The lowest BCUT2D eigenvalue weighted by Gasteiger charge is -2.72. The van der Waals surface area contributed by atoms with Gasteiger partial charge in [-0.05, 0) is 118 Å². The summed E-state index contributed by atoms with van der Waals surface area (Å²) in [6.07, 6.45) is -35.2. The van der Waals surface area contributed by atoms with Crippen molar-refractivity contribution in [3.8, 4) is 0 Å². The summed E-state index contributed by atoms with van der Waals surface area (Å²) >= 11 is 0. The Morgan fingerprint density at radius 3 is 1.65 bits per heavy atom. The molecule has 26 heteroatoms. The van der Waals surface area contributed by atoms with E-state index in [1.165, 1.54) is 20.8 Å². The standard InChI is InChI=1S/C59H96O26/c1-22-33(64)36(67)40(71)49(77-22)82-45-29(62)20-76-48(43(45)74)81-44-25(4)80-50(42(73)39(44)70)83-46-38(69)35(66)24(3)79-52(46)85-53(75)59-16-15-54(5,6)17-27(59)26-11-12-31-55(7)18-28(61)47(84-51-41(72)37(68)34(65)23(2)78-51)56(8,21-60)30(55)13-14-57(31,9)58(26,10)19-32(59)63/h11,22-25,27-52,60-74H,12-21H2,1-10H3. The van der Waals surface area contributed by atoms with Crippen LogP contribution < -0.4 is 0 Å². The van der Waals surface area contributed by atoms with Gasteiger partial charge < -0.3 is 124 Å². The van der Waals surface area contributed by atoms with Gasteiger partial charge in [0.2, 0.25) is 6.29 Å². The number of hydrogen-bond donors (Lipinski definition) is 15. The molecule has 0 radical (unpaired) electrons. The summed E-state index contributed by atoms with van der Waals surface area (Å²) in [5.74, 6) is -1.74. The minimum Gasteiger partial charge on any atom is -0.432 e. The van der Waals surface area contributed by atoms with Crippen LogP contribution in [-0.4, -0.2) is 262 Å². The lowest BCUT2D eigenvalue weighted by Crippen LogP contribution is -2.70. The number of carbonyl (C=O) groups is 1. The third-order valence-electron chi connectivity index (χ3n) is 23.1. The molecule has 0 bridgehead atoms. The van der Waals surface area contributed by atoms with E-state index < -0.39 is 211 Å². The number of aliphatic hydroxyl groups is 15. The largest absolute Gasteiger partial charge is 0.432 e. The predicted molar refractivity (Wildman–Crippen MR) is 288 cm³/mol. The van der Waals surface area contributed by atoms with Gasteiger partial charge >= 0.3 is 5.97 Å². The zero-order chi connectivity index (χ0) is 62.3. The average Bonchev–Trinajstić information content (AvgIpc) is 0.676. The molecule has 0 spiro atoms. The Kier molecular flexibility index (Phi) is 18.5. The fourth-order valence-corrected chi connectivity index (χ4v) is 17.8. The molecule has 10 rings (SSSR count). The summed E-state index contributed by atoms with van der Waals surface area (Å²) < 4.78 is 59.6. The van der Waals surface area contributed by atoms with Crippen LogP contribution in [0.2, 0.25) is 0 Å². The van der Waals surface area contributed by atoms with E-state index in [9.17, 15) is 76.6 Å². The molecule has 0 aromatic heterocycles. The molecule has 9 fully saturated rings. The number of allylic oxidation sites excluding steroid dienone is 2. The van der Waals surface area contributed by atoms with Gasteiger partial charge in [-0.25, -0.2) is 0 Å². The van der Waals surface area contributed by atoms with Crippen LogP contribution in [0.4, 0.5) is 0 Å². The van der Waals surface area contributed by atoms with Gasteiger partial charge in [0.15, 0.2) is 31.3 Å². The topological polar surface area (TPSA) is 413 Å². The molecule has 4 saturated carbocycles. The number of fused-ring (bicyclic) bond motifs is 7. The van der Waals surface area contributed by atoms with Crippen molar-refractivity contribution >= 4 is 5.97 Å². The molecule has 5 saturated heterocycles. The normalized spacial score (nSPS) is 57.0. The lowest BCUT2D eigenvalue weighted by atomic mass is 9.33. The Hall–Kier alpha value is -1.75. The van der Waals surface area contributed by atoms with Gasteiger partial charge in [-0.1, -0.05) is 53.2 Å². The second-order valence-corrected chi connectivity index (χ2v) is 28.7. The van der Waals surface area contributed by atoms with Crippen LogP contribution >= 0.6 is 0 Å². The van der Waals surface area contributed by atoms with E-state index >= 15 is 4.79 Å². The highest BCUT2D eigenvalue weighted by molar-refractivity contribution is 5.80. The molecule has 35 unspecified atom stereocenters. The van der Waals surface area contributed by atoms with Gasteiger partial charge in [0.1, 0.15) is 90.9 Å². The minimum atomic E-state index is -1.98. The molecule has 0 amide bonds. The Labute approximate surface area is 494 Å². The Balaban J connectivity index is 0.865. The lowest BCUT2D eigenvalue weighted by molar-refractivity contribution is -0.380. The summed E-state index contributed by atoms with van der Waals surface area (Å²) in [5, 5.41) is 168. The Bertz CT molecular complexity index is 2400. The van der Waals surface area contributed by atoms with Crippen molar-refractivity contribution in [2.45, 2.75) is 286 Å². The second-order valence-electron chi connectivity index (χ2n) is 28.7. The highest BCUT2D eigenvalue weighted by Crippen LogP contribution is 2.76. The molecule has 15 N–H and O–H groups in total. The zero-order valence-corrected chi connectivity index (χ0v) is 50.2. The average molecular weight is 1220 g/mol. The molecule has 10 aliphatic rings. The van der Waals surface area contributed by atoms with Crippen LogP contribution in [0.5, 0.6) is 0 Å². The fraction of sp³-hybridized carbons (Fsp3) is 0.949. The van der Waals surface area contributed by atoms with Crippen molar-refractivity contribution in [3.05, 3.63) is 11.6 Å². The summed E-state index contributed by atoms with van der Waals surface area (Å²) in [6.45, 7) is 17.6. The predicted octanol–water partition coefficient (Wildman–Crippen LogP) is -2.55. The van der Waals surface area contributed by atoms with E-state index in [1.54, 1.807) is 6.92 Å². The minimum absolute atomic E-state index is 0.113. The first-order valence-corrected chi connectivity index (χ1v) is 30.5. The van der Waals surface area contributed by atoms with Gasteiger partial charge in [0.25, 0.3) is 0 Å². The number of rotatable bonds is 11. The van der Waals surface area contributed by atoms with Crippen molar-refractivity contribution in [3.63, 3.8) is 0 Å². The molecule has 0 aromatic carbocycles. The van der Waals surface area contributed by atoms with Crippen LogP contribution in [0, 0.1) is 50.2 Å². The summed E-state index contributed by atoms with van der Waals surface area (Å²) in [5.41, 5.74) is -3.80. The number of carbonyl (C=O) groups excluding carboxylic acids is 1. The zero-order valence-electron chi connectivity index (χ0n) is 50.2. The van der Waals surface area contributed by atoms with Gasteiger partial charge in [-0.2, -0.15) is 0 Å². The van der Waals surface area contributed by atoms with Crippen LogP contribution in [0.3, 0.4) is 0 Å². The van der Waals surface area contributed by atoms with Crippen LogP contribution in [0.1, 0.15) is 121 Å². The monoisotopic (exact) mass is 1220 g/mol. The first-order valence-electron chi connectivity index (χ1n) is 30.5. The fourth-order valence-electron chi connectivity index (χ4n) is 17.8. The number of aliphatic hydroxyl groups excluding tert-OH is 15. The van der Waals surface area contributed by atoms with Gasteiger partial charge in [-0.3, -0.25) is 4.79 Å². The molecule has 26 nitrogen and oxygen atoms in total. The molecule has 488 valence electrons. The van der Waals surface area contributed by atoms with Crippen LogP contribution in [0.15, 0.2) is 11.6 Å². The SMILES string of the molecule is CC1OC(OC2C(O)COC(OC3C(C)OC(OC4C(OC(=O)C56CCC(C)(C)CC5C5=CCC7C8(C)CC(O)C(OC9OC(C)C(O)C(O)C9O)C(C)(CO)C8CCC7(C)C5(C)CC6O)OC(C)C(O)C4O)C(O)C3O)C2O)C(O)C(O)C1O. The van der Waals surface area contributed by atoms with Crippen molar-refractivity contribution in [2.75, 3.05) is 13.2 Å². The molecule has 5 aliphatic heterocycles. The molecule has 5 heterocycles. The first-order chi connectivity index (χ1) is 39.6. The summed E-state index contributed by atoms with van der Waals surface area (Å²) in [6, 6.07) is 0. The Morgan fingerprint density at radius 2 is 1.05 bits per heavy atom. The van der Waals surface area contributed by atoms with E-state index in [-0.39, 0.29) is 43.1 Å². The van der Waals surface area contributed by atoms with Gasteiger partial charge in [-0.15, -0.1) is 0 Å². The van der Waals surface area contributed by atoms with E-state index in [2.05, 4.69) is 40.7 Å². The van der Waals surface area contributed by atoms with Crippen molar-refractivity contribution in [1.82, 2.24) is 0 Å². The van der Waals surface area contributed by atoms with E-state index in [1.807, 2.05) is 6.92 Å². The maximum atomic E-state index is 15.5. The number of esters is 1.